The van der Waals surface area contributed by atoms with Gasteiger partial charge in [0.1, 0.15) is 11.3 Å². The molecule has 0 saturated carbocycles. The normalized spacial score (nSPS) is 11.0. The van der Waals surface area contributed by atoms with Gasteiger partial charge >= 0.3 is 5.63 Å². The molecule has 0 radical (unpaired) electrons. The average molecular weight is 442 g/mol. The Balaban J connectivity index is 1.25. The molecule has 2 aromatic heterocycles. The molecule has 0 aliphatic rings. The van der Waals surface area contributed by atoms with Crippen LogP contribution < -0.4 is 15.7 Å². The van der Waals surface area contributed by atoms with E-state index in [4.69, 9.17) is 9.15 Å². The standard InChI is InChI=1S/C25H18N2O4S/c1-15-10-24(29)31-22-12-19(8-9-20(15)22)30-13-23(28)27-25-26-21(14-32-25)18-7-6-16-4-2-3-5-17(16)11-18/h2-12,14H,13H2,1H3,(H,26,27,28). The molecule has 3 aromatic carbocycles. The topological polar surface area (TPSA) is 81.4 Å². The molecule has 2 heterocycles. The Morgan fingerprint density at radius 2 is 1.91 bits per heavy atom. The van der Waals surface area contributed by atoms with Crippen LogP contribution in [0.1, 0.15) is 5.56 Å². The number of thiazole rings is 1. The highest BCUT2D eigenvalue weighted by atomic mass is 32.1. The summed E-state index contributed by atoms with van der Waals surface area (Å²) in [5.74, 6) is 0.118. The van der Waals surface area contributed by atoms with Gasteiger partial charge in [-0.2, -0.15) is 0 Å². The van der Waals surface area contributed by atoms with Crippen molar-refractivity contribution in [1.82, 2.24) is 4.98 Å². The largest absolute Gasteiger partial charge is 0.484 e. The third kappa shape index (κ3) is 4.10. The molecule has 0 atom stereocenters. The second kappa shape index (κ2) is 8.28. The lowest BCUT2D eigenvalue weighted by Gasteiger charge is -2.07. The van der Waals surface area contributed by atoms with E-state index in [2.05, 4.69) is 34.6 Å². The zero-order valence-electron chi connectivity index (χ0n) is 17.1. The first-order valence-corrected chi connectivity index (χ1v) is 10.8. The molecule has 0 saturated heterocycles. The molecule has 0 fully saturated rings. The number of aromatic nitrogens is 1. The summed E-state index contributed by atoms with van der Waals surface area (Å²) in [4.78, 5) is 28.4. The van der Waals surface area contributed by atoms with Crippen molar-refractivity contribution in [3.63, 3.8) is 0 Å². The van der Waals surface area contributed by atoms with Crippen LogP contribution in [0, 0.1) is 6.92 Å². The Morgan fingerprint density at radius 1 is 1.06 bits per heavy atom. The molecular formula is C25H18N2O4S. The van der Waals surface area contributed by atoms with Gasteiger partial charge in [0.05, 0.1) is 5.69 Å². The third-order valence-electron chi connectivity index (χ3n) is 5.09. The minimum absolute atomic E-state index is 0.188. The van der Waals surface area contributed by atoms with Gasteiger partial charge in [-0.05, 0) is 41.5 Å². The number of nitrogens with zero attached hydrogens (tertiary/aromatic N) is 1. The summed E-state index contributed by atoms with van der Waals surface area (Å²) >= 11 is 1.36. The lowest BCUT2D eigenvalue weighted by Crippen LogP contribution is -2.20. The molecule has 0 bridgehead atoms. The van der Waals surface area contributed by atoms with E-state index in [1.807, 2.05) is 30.5 Å². The smallest absolute Gasteiger partial charge is 0.336 e. The number of amides is 1. The molecule has 5 aromatic rings. The van der Waals surface area contributed by atoms with Crippen LogP contribution in [0.25, 0.3) is 33.0 Å². The molecule has 32 heavy (non-hydrogen) atoms. The molecule has 1 N–H and O–H groups in total. The zero-order chi connectivity index (χ0) is 22.1. The third-order valence-corrected chi connectivity index (χ3v) is 5.85. The van der Waals surface area contributed by atoms with Gasteiger partial charge in [-0.1, -0.05) is 36.4 Å². The Bertz CT molecular complexity index is 1520. The van der Waals surface area contributed by atoms with E-state index >= 15 is 0 Å². The Labute approximate surface area is 187 Å². The average Bonchev–Trinajstić information content (AvgIpc) is 3.25. The van der Waals surface area contributed by atoms with Crippen LogP contribution in [0.15, 0.2) is 81.3 Å². The number of benzene rings is 3. The molecule has 1 amide bonds. The number of aryl methyl sites for hydroxylation is 1. The number of hydrogen-bond donors (Lipinski definition) is 1. The van der Waals surface area contributed by atoms with Crippen LogP contribution in [-0.2, 0) is 4.79 Å². The van der Waals surface area contributed by atoms with E-state index in [0.29, 0.717) is 16.5 Å². The zero-order valence-corrected chi connectivity index (χ0v) is 17.9. The first-order chi connectivity index (χ1) is 15.5. The second-order valence-corrected chi connectivity index (χ2v) is 8.20. The predicted octanol–water partition coefficient (Wildman–Crippen LogP) is 5.40. The summed E-state index contributed by atoms with van der Waals surface area (Å²) in [6, 6.07) is 20.9. The van der Waals surface area contributed by atoms with E-state index < -0.39 is 5.63 Å². The number of rotatable bonds is 5. The quantitative estimate of drug-likeness (QED) is 0.369. The van der Waals surface area contributed by atoms with Crippen LogP contribution in [0.2, 0.25) is 0 Å². The van der Waals surface area contributed by atoms with Crippen molar-refractivity contribution in [3.05, 3.63) is 88.1 Å². The van der Waals surface area contributed by atoms with Gasteiger partial charge < -0.3 is 9.15 Å². The second-order valence-electron chi connectivity index (χ2n) is 7.34. The van der Waals surface area contributed by atoms with Crippen molar-refractivity contribution in [1.29, 1.82) is 0 Å². The minimum atomic E-state index is -0.420. The summed E-state index contributed by atoms with van der Waals surface area (Å²) in [6.07, 6.45) is 0. The van der Waals surface area contributed by atoms with E-state index in [1.54, 1.807) is 18.2 Å². The number of ether oxygens (including phenoxy) is 1. The van der Waals surface area contributed by atoms with E-state index in [0.717, 1.165) is 27.6 Å². The molecule has 5 rings (SSSR count). The van der Waals surface area contributed by atoms with Gasteiger partial charge in [-0.3, -0.25) is 10.1 Å². The molecule has 6 nitrogen and oxygen atoms in total. The van der Waals surface area contributed by atoms with Gasteiger partial charge in [0.15, 0.2) is 11.7 Å². The first kappa shape index (κ1) is 20.0. The van der Waals surface area contributed by atoms with Crippen molar-refractivity contribution >= 4 is 44.1 Å². The van der Waals surface area contributed by atoms with Crippen LogP contribution in [-0.4, -0.2) is 17.5 Å². The van der Waals surface area contributed by atoms with Gasteiger partial charge in [-0.15, -0.1) is 11.3 Å². The molecule has 0 aliphatic carbocycles. The highest BCUT2D eigenvalue weighted by Gasteiger charge is 2.10. The van der Waals surface area contributed by atoms with Gasteiger partial charge in [0.25, 0.3) is 5.91 Å². The molecule has 0 unspecified atom stereocenters. The van der Waals surface area contributed by atoms with Gasteiger partial charge in [0, 0.05) is 28.5 Å². The van der Waals surface area contributed by atoms with Crippen molar-refractivity contribution < 1.29 is 13.9 Å². The van der Waals surface area contributed by atoms with E-state index in [9.17, 15) is 9.59 Å². The monoisotopic (exact) mass is 442 g/mol. The van der Waals surface area contributed by atoms with Crippen LogP contribution in [0.3, 0.4) is 0 Å². The maximum Gasteiger partial charge on any atom is 0.336 e. The highest BCUT2D eigenvalue weighted by molar-refractivity contribution is 7.14. The maximum atomic E-state index is 12.3. The van der Waals surface area contributed by atoms with Crippen molar-refractivity contribution in [2.75, 3.05) is 11.9 Å². The lowest BCUT2D eigenvalue weighted by atomic mass is 10.1. The summed E-state index contributed by atoms with van der Waals surface area (Å²) < 4.78 is 10.8. The summed E-state index contributed by atoms with van der Waals surface area (Å²) in [6.45, 7) is 1.65. The minimum Gasteiger partial charge on any atom is -0.484 e. The highest BCUT2D eigenvalue weighted by Crippen LogP contribution is 2.28. The maximum absolute atomic E-state index is 12.3. The number of fused-ring (bicyclic) bond motifs is 2. The van der Waals surface area contributed by atoms with Gasteiger partial charge in [0.2, 0.25) is 0 Å². The fourth-order valence-corrected chi connectivity index (χ4v) is 4.25. The first-order valence-electron chi connectivity index (χ1n) is 9.97. The van der Waals surface area contributed by atoms with Crippen molar-refractivity contribution in [2.24, 2.45) is 0 Å². The number of anilines is 1. The Hall–Kier alpha value is -3.97. The summed E-state index contributed by atoms with van der Waals surface area (Å²) in [5.41, 5.74) is 2.62. The van der Waals surface area contributed by atoms with Crippen LogP contribution >= 0.6 is 11.3 Å². The number of carbonyl (C=O) groups is 1. The number of hydrogen-bond acceptors (Lipinski definition) is 6. The van der Waals surface area contributed by atoms with E-state index in [1.165, 1.54) is 22.8 Å². The lowest BCUT2D eigenvalue weighted by molar-refractivity contribution is -0.118. The number of carbonyl (C=O) groups excluding carboxylic acids is 1. The predicted molar refractivity (Wildman–Crippen MR) is 126 cm³/mol. The van der Waals surface area contributed by atoms with Gasteiger partial charge in [-0.25, -0.2) is 9.78 Å². The number of nitrogens with one attached hydrogen (secondary N) is 1. The molecule has 0 aliphatic heterocycles. The molecule has 7 heteroatoms. The molecule has 0 spiro atoms. The fourth-order valence-electron chi connectivity index (χ4n) is 3.51. The van der Waals surface area contributed by atoms with Crippen LogP contribution in [0.4, 0.5) is 5.13 Å². The van der Waals surface area contributed by atoms with Crippen LogP contribution in [0.5, 0.6) is 5.75 Å². The summed E-state index contributed by atoms with van der Waals surface area (Å²) in [5, 5.41) is 8.31. The molecule has 158 valence electrons. The van der Waals surface area contributed by atoms with Crippen molar-refractivity contribution in [2.45, 2.75) is 6.92 Å². The molecular weight excluding hydrogens is 424 g/mol. The van der Waals surface area contributed by atoms with E-state index in [-0.39, 0.29) is 12.5 Å². The van der Waals surface area contributed by atoms with Crippen molar-refractivity contribution in [3.8, 4) is 17.0 Å². The Kier molecular flexibility index (Phi) is 5.17. The Morgan fingerprint density at radius 3 is 2.78 bits per heavy atom. The summed E-state index contributed by atoms with van der Waals surface area (Å²) in [7, 11) is 0. The SMILES string of the molecule is Cc1cc(=O)oc2cc(OCC(=O)Nc3nc(-c4ccc5ccccc5c4)cs3)ccc12. The fraction of sp³-hybridized carbons (Fsp3) is 0.0800.